The summed E-state index contributed by atoms with van der Waals surface area (Å²) in [5, 5.41) is 0.977. The van der Waals surface area contributed by atoms with Crippen LogP contribution in [0.15, 0.2) is 23.2 Å². The lowest BCUT2D eigenvalue weighted by Crippen LogP contribution is -2.07. The van der Waals surface area contributed by atoms with Gasteiger partial charge in [0.15, 0.2) is 0 Å². The Morgan fingerprint density at radius 2 is 2.20 bits per heavy atom. The fraction of sp³-hybridized carbons (Fsp3) is 0.500. The highest BCUT2D eigenvalue weighted by Gasteiger charge is 2.07. The maximum absolute atomic E-state index is 11.6. The molecule has 82 valence electrons. The molecule has 0 aromatic carbocycles. The van der Waals surface area contributed by atoms with E-state index in [9.17, 15) is 4.79 Å². The second kappa shape index (κ2) is 5.91. The number of hydrogen-bond donors (Lipinski definition) is 0. The van der Waals surface area contributed by atoms with E-state index in [2.05, 4.69) is 18.8 Å². The first kappa shape index (κ1) is 12.2. The van der Waals surface area contributed by atoms with Gasteiger partial charge in [0.1, 0.15) is 5.78 Å². The average molecular weight is 223 g/mol. The van der Waals surface area contributed by atoms with E-state index in [1.54, 1.807) is 11.8 Å². The molecule has 3 heteroatoms. The number of aromatic nitrogens is 1. The highest BCUT2D eigenvalue weighted by Crippen LogP contribution is 2.12. The lowest BCUT2D eigenvalue weighted by molar-refractivity contribution is -0.119. The van der Waals surface area contributed by atoms with Crippen LogP contribution in [-0.2, 0) is 11.2 Å². The molecule has 0 N–H and O–H groups in total. The highest BCUT2D eigenvalue weighted by molar-refractivity contribution is 7.98. The Morgan fingerprint density at radius 3 is 2.80 bits per heavy atom. The zero-order valence-corrected chi connectivity index (χ0v) is 10.3. The average Bonchev–Trinajstić information content (AvgIpc) is 2.16. The van der Waals surface area contributed by atoms with Crippen molar-refractivity contribution in [1.29, 1.82) is 0 Å². The van der Waals surface area contributed by atoms with Gasteiger partial charge in [-0.25, -0.2) is 4.98 Å². The Bertz CT molecular complexity index is 336. The summed E-state index contributed by atoms with van der Waals surface area (Å²) in [7, 11) is 0. The molecule has 0 saturated carbocycles. The molecule has 0 aliphatic carbocycles. The van der Waals surface area contributed by atoms with Gasteiger partial charge in [-0.2, -0.15) is 0 Å². The third-order valence-electron chi connectivity index (χ3n) is 2.00. The summed E-state index contributed by atoms with van der Waals surface area (Å²) in [5.41, 5.74) is 0.882. The fourth-order valence-corrected chi connectivity index (χ4v) is 1.82. The summed E-state index contributed by atoms with van der Waals surface area (Å²) in [6.45, 7) is 4.12. The quantitative estimate of drug-likeness (QED) is 0.719. The van der Waals surface area contributed by atoms with Gasteiger partial charge in [0.25, 0.3) is 0 Å². The molecule has 0 spiro atoms. The fourth-order valence-electron chi connectivity index (χ4n) is 1.40. The van der Waals surface area contributed by atoms with Crippen molar-refractivity contribution >= 4 is 17.5 Å². The van der Waals surface area contributed by atoms with Crippen LogP contribution in [0.3, 0.4) is 0 Å². The van der Waals surface area contributed by atoms with Crippen LogP contribution in [0.2, 0.25) is 0 Å². The van der Waals surface area contributed by atoms with Gasteiger partial charge in [-0.05, 0) is 24.3 Å². The number of Topliss-reactive ketones (excluding diaryl/α,β-unsaturated/α-hetero) is 1. The molecule has 1 rings (SSSR count). The number of thioether (sulfide) groups is 1. The third-order valence-corrected chi connectivity index (χ3v) is 2.65. The molecule has 1 aromatic rings. The van der Waals surface area contributed by atoms with E-state index in [1.165, 1.54) is 0 Å². The van der Waals surface area contributed by atoms with Crippen LogP contribution >= 0.6 is 11.8 Å². The first-order chi connectivity index (χ1) is 7.11. The third kappa shape index (κ3) is 4.47. The number of pyridine rings is 1. The van der Waals surface area contributed by atoms with Crippen LogP contribution in [0.25, 0.3) is 0 Å². The minimum Gasteiger partial charge on any atom is -0.299 e. The normalized spacial score (nSPS) is 10.7. The van der Waals surface area contributed by atoms with Crippen LogP contribution in [0, 0.1) is 5.92 Å². The molecule has 1 aromatic heterocycles. The minimum absolute atomic E-state index is 0.274. The Labute approximate surface area is 95.5 Å². The van der Waals surface area contributed by atoms with E-state index in [0.29, 0.717) is 18.8 Å². The second-order valence-corrected chi connectivity index (χ2v) is 4.81. The van der Waals surface area contributed by atoms with Gasteiger partial charge >= 0.3 is 0 Å². The molecule has 0 amide bonds. The first-order valence-electron chi connectivity index (χ1n) is 5.13. The molecule has 15 heavy (non-hydrogen) atoms. The standard InChI is InChI=1S/C12H17NOS/c1-9(2)7-11(14)8-10-5-4-6-12(13-10)15-3/h4-6,9H,7-8H2,1-3H3. The van der Waals surface area contributed by atoms with Crippen molar-refractivity contribution in [2.75, 3.05) is 6.26 Å². The molecule has 2 nitrogen and oxygen atoms in total. The number of carbonyl (C=O) groups is 1. The van der Waals surface area contributed by atoms with Gasteiger partial charge in [-0.3, -0.25) is 4.79 Å². The maximum Gasteiger partial charge on any atom is 0.139 e. The summed E-state index contributed by atoms with van der Waals surface area (Å²) in [5.74, 6) is 0.706. The van der Waals surface area contributed by atoms with Crippen LogP contribution < -0.4 is 0 Å². The second-order valence-electron chi connectivity index (χ2n) is 3.98. The molecule has 1 heterocycles. The van der Waals surface area contributed by atoms with Crippen LogP contribution in [0.1, 0.15) is 26.0 Å². The van der Waals surface area contributed by atoms with E-state index >= 15 is 0 Å². The predicted octanol–water partition coefficient (Wildman–Crippen LogP) is 2.96. The van der Waals surface area contributed by atoms with Crippen LogP contribution in [0.5, 0.6) is 0 Å². The monoisotopic (exact) mass is 223 g/mol. The summed E-state index contributed by atoms with van der Waals surface area (Å²) in [4.78, 5) is 16.0. The van der Waals surface area contributed by atoms with Gasteiger partial charge in [-0.1, -0.05) is 19.9 Å². The zero-order valence-electron chi connectivity index (χ0n) is 9.49. The molecule has 0 radical (unpaired) electrons. The van der Waals surface area contributed by atoms with Crippen LogP contribution in [-0.4, -0.2) is 17.0 Å². The summed E-state index contributed by atoms with van der Waals surface area (Å²) < 4.78 is 0. The summed E-state index contributed by atoms with van der Waals surface area (Å²) in [6, 6.07) is 5.83. The van der Waals surface area contributed by atoms with E-state index in [4.69, 9.17) is 0 Å². The Balaban J connectivity index is 2.60. The Morgan fingerprint density at radius 1 is 1.47 bits per heavy atom. The molecule has 0 fully saturated rings. The zero-order chi connectivity index (χ0) is 11.3. The van der Waals surface area contributed by atoms with Crippen molar-refractivity contribution in [3.63, 3.8) is 0 Å². The van der Waals surface area contributed by atoms with E-state index in [-0.39, 0.29) is 5.78 Å². The number of ketones is 1. The molecule has 0 unspecified atom stereocenters. The molecule has 0 saturated heterocycles. The molecular weight excluding hydrogens is 206 g/mol. The van der Waals surface area contributed by atoms with Gasteiger partial charge in [0.05, 0.1) is 5.03 Å². The van der Waals surface area contributed by atoms with Crippen LogP contribution in [0.4, 0.5) is 0 Å². The first-order valence-corrected chi connectivity index (χ1v) is 6.36. The molecule has 0 bridgehead atoms. The lowest BCUT2D eigenvalue weighted by Gasteiger charge is -2.04. The van der Waals surface area contributed by atoms with Crippen molar-refractivity contribution in [3.05, 3.63) is 23.9 Å². The van der Waals surface area contributed by atoms with Crippen molar-refractivity contribution in [1.82, 2.24) is 4.98 Å². The van der Waals surface area contributed by atoms with E-state index < -0.39 is 0 Å². The predicted molar refractivity (Wildman–Crippen MR) is 64.2 cm³/mol. The Hall–Kier alpha value is -0.830. The topological polar surface area (TPSA) is 30.0 Å². The minimum atomic E-state index is 0.274. The van der Waals surface area contributed by atoms with E-state index in [0.717, 1.165) is 10.7 Å². The van der Waals surface area contributed by atoms with Crippen molar-refractivity contribution in [3.8, 4) is 0 Å². The smallest absolute Gasteiger partial charge is 0.139 e. The highest BCUT2D eigenvalue weighted by atomic mass is 32.2. The van der Waals surface area contributed by atoms with Gasteiger partial charge in [-0.15, -0.1) is 11.8 Å². The molecule has 0 atom stereocenters. The van der Waals surface area contributed by atoms with Crippen molar-refractivity contribution in [2.24, 2.45) is 5.92 Å². The van der Waals surface area contributed by atoms with Crippen molar-refractivity contribution < 1.29 is 4.79 Å². The number of carbonyl (C=O) groups excluding carboxylic acids is 1. The Kier molecular flexibility index (Phi) is 4.82. The number of nitrogens with zero attached hydrogens (tertiary/aromatic N) is 1. The van der Waals surface area contributed by atoms with Crippen molar-refractivity contribution in [2.45, 2.75) is 31.7 Å². The number of hydrogen-bond acceptors (Lipinski definition) is 3. The van der Waals surface area contributed by atoms with Gasteiger partial charge in [0.2, 0.25) is 0 Å². The lowest BCUT2D eigenvalue weighted by atomic mass is 10.0. The van der Waals surface area contributed by atoms with Gasteiger partial charge < -0.3 is 0 Å². The summed E-state index contributed by atoms with van der Waals surface area (Å²) >= 11 is 1.60. The molecule has 0 aliphatic rings. The molecular formula is C12H17NOS. The SMILES string of the molecule is CSc1cccc(CC(=O)CC(C)C)n1. The van der Waals surface area contributed by atoms with Gasteiger partial charge in [0, 0.05) is 18.5 Å². The van der Waals surface area contributed by atoms with E-state index in [1.807, 2.05) is 24.5 Å². The summed E-state index contributed by atoms with van der Waals surface area (Å²) in [6.07, 6.45) is 3.10. The maximum atomic E-state index is 11.6. The number of rotatable bonds is 5. The molecule has 0 aliphatic heterocycles. The largest absolute Gasteiger partial charge is 0.299 e.